The van der Waals surface area contributed by atoms with Crippen LogP contribution in [0.2, 0.25) is 0 Å². The minimum atomic E-state index is -2.94. The van der Waals surface area contributed by atoms with Crippen LogP contribution in [0.25, 0.3) is 0 Å². The zero-order valence-corrected chi connectivity index (χ0v) is 13.9. The maximum atomic E-state index is 5.51. The van der Waals surface area contributed by atoms with E-state index in [1.54, 1.807) is 0 Å². The maximum absolute atomic E-state index is 5.51. The second kappa shape index (κ2) is 7.92. The van der Waals surface area contributed by atoms with Gasteiger partial charge in [0.1, 0.15) is 39.9 Å². The second-order valence-corrected chi connectivity index (χ2v) is 23.2. The number of hydrogen-bond acceptors (Lipinski definition) is 0. The molecule has 0 radical (unpaired) electrons. The Bertz CT molecular complexity index is 153. The molecule has 0 aromatic rings. The summed E-state index contributed by atoms with van der Waals surface area (Å²) < 4.78 is 0. The van der Waals surface area contributed by atoms with Crippen molar-refractivity contribution >= 4 is 88.6 Å². The van der Waals surface area contributed by atoms with Crippen molar-refractivity contribution in [1.82, 2.24) is 0 Å². The van der Waals surface area contributed by atoms with Gasteiger partial charge < -0.3 is 40.2 Å². The quantitative estimate of drug-likeness (QED) is 0.303. The first-order valence-electron chi connectivity index (χ1n) is 2.90. The SMILES string of the molecule is C=C(C)C[P+](Cl)(Cl)Cl.[Cl][Al-]([Cl])([Cl])[Cl]. The van der Waals surface area contributed by atoms with E-state index < -0.39 is 14.7 Å². The molecule has 0 aliphatic rings. The maximum Gasteiger partial charge on any atom is 0.564 e. The lowest BCUT2D eigenvalue weighted by Crippen LogP contribution is -1.91. The van der Waals surface area contributed by atoms with Crippen molar-refractivity contribution in [3.63, 3.8) is 0 Å². The molecular weight excluding hydrogens is 354 g/mol. The van der Waals surface area contributed by atoms with Gasteiger partial charge in [0.15, 0.2) is 0 Å². The predicted molar refractivity (Wildman–Crippen MR) is 73.3 cm³/mol. The predicted octanol–water partition coefficient (Wildman–Crippen LogP) is 6.42. The Morgan fingerprint density at radius 3 is 1.38 bits per heavy atom. The zero-order valence-electron chi connectivity index (χ0n) is 6.58. The van der Waals surface area contributed by atoms with Crippen LogP contribution in [0.3, 0.4) is 0 Å². The fourth-order valence-corrected chi connectivity index (χ4v) is 2.75. The molecule has 0 bridgehead atoms. The van der Waals surface area contributed by atoms with Crippen LogP contribution in [0.15, 0.2) is 12.2 Å². The van der Waals surface area contributed by atoms with Gasteiger partial charge in [-0.1, -0.05) is 6.58 Å². The Labute approximate surface area is 113 Å². The van der Waals surface area contributed by atoms with Gasteiger partial charge >= 0.3 is 14.7 Å². The first-order chi connectivity index (χ1) is 5.42. The Balaban J connectivity index is 0. The summed E-state index contributed by atoms with van der Waals surface area (Å²) in [5.74, 6) is 0. The van der Waals surface area contributed by atoms with E-state index in [0.29, 0.717) is 6.16 Å². The first kappa shape index (κ1) is 18.1. The van der Waals surface area contributed by atoms with Gasteiger partial charge in [-0.15, -0.1) is 0 Å². The molecule has 0 fully saturated rings. The van der Waals surface area contributed by atoms with Gasteiger partial charge in [0.25, 0.3) is 0 Å². The summed E-state index contributed by atoms with van der Waals surface area (Å²) in [6.07, 6.45) is 0.539. The lowest BCUT2D eigenvalue weighted by Gasteiger charge is -1.97. The molecule has 0 rings (SSSR count). The van der Waals surface area contributed by atoms with Crippen LogP contribution in [0.1, 0.15) is 6.92 Å². The molecule has 0 aromatic carbocycles. The van der Waals surface area contributed by atoms with Crippen LogP contribution in [0.5, 0.6) is 0 Å². The third kappa shape index (κ3) is 39.9. The summed E-state index contributed by atoms with van der Waals surface area (Å²) in [5.41, 5.74) is 0.929. The first-order valence-corrected chi connectivity index (χ1v) is 14.6. The van der Waals surface area contributed by atoms with E-state index >= 15 is 0 Å². The van der Waals surface area contributed by atoms with Gasteiger partial charge in [-0.05, 0) is 12.5 Å². The summed E-state index contributed by atoms with van der Waals surface area (Å²) in [7, 11) is 17.0. The molecule has 0 N–H and O–H groups in total. The summed E-state index contributed by atoms with van der Waals surface area (Å²) in [5, 5.41) is -2.15. The fourth-order valence-electron chi connectivity index (χ4n) is 0.306. The van der Waals surface area contributed by atoms with Crippen molar-refractivity contribution in [3.05, 3.63) is 12.2 Å². The highest BCUT2D eigenvalue weighted by atomic mass is 36.1. The summed E-state index contributed by atoms with van der Waals surface area (Å²) in [6.45, 7) is 5.46. The highest BCUT2D eigenvalue weighted by molar-refractivity contribution is 8.32. The number of rotatable bonds is 2. The number of hydrogen-bond donors (Lipinski definition) is 0. The molecular formula is C4H7AlCl7P. The van der Waals surface area contributed by atoms with Crippen molar-refractivity contribution in [2.45, 2.75) is 6.92 Å². The molecule has 0 amide bonds. The van der Waals surface area contributed by atoms with Crippen LogP contribution < -0.4 is 0 Å². The third-order valence-electron chi connectivity index (χ3n) is 0.449. The minimum Gasteiger partial charge on any atom is -0.391 e. The topological polar surface area (TPSA) is 0 Å². The number of halogens is 7. The van der Waals surface area contributed by atoms with Crippen molar-refractivity contribution in [2.24, 2.45) is 0 Å². The largest absolute Gasteiger partial charge is 0.564 e. The molecule has 13 heavy (non-hydrogen) atoms. The molecule has 80 valence electrons. The minimum absolute atomic E-state index is 0.539. The van der Waals surface area contributed by atoms with E-state index in [1.165, 1.54) is 0 Å². The highest BCUT2D eigenvalue weighted by Crippen LogP contribution is 2.74. The average molecular weight is 361 g/mol. The number of allylic oxidation sites excluding steroid dienone is 1. The van der Waals surface area contributed by atoms with Crippen molar-refractivity contribution in [1.29, 1.82) is 0 Å². The van der Waals surface area contributed by atoms with Crippen LogP contribution in [0, 0.1) is 0 Å². The lowest BCUT2D eigenvalue weighted by atomic mass is 10.4. The average Bonchev–Trinajstić information content (AvgIpc) is 1.47. The van der Waals surface area contributed by atoms with E-state index in [1.807, 2.05) is 6.92 Å². The molecule has 0 aliphatic carbocycles. The fraction of sp³-hybridized carbons (Fsp3) is 0.500. The highest BCUT2D eigenvalue weighted by Gasteiger charge is 2.31. The van der Waals surface area contributed by atoms with E-state index in [9.17, 15) is 0 Å². The molecule has 0 atom stereocenters. The van der Waals surface area contributed by atoms with Gasteiger partial charge in [-0.2, -0.15) is 0 Å². The Kier molecular flexibility index (Phi) is 11.0. The second-order valence-electron chi connectivity index (χ2n) is 2.16. The van der Waals surface area contributed by atoms with Crippen LogP contribution in [0.4, 0.5) is 0 Å². The van der Waals surface area contributed by atoms with Gasteiger partial charge in [-0.25, -0.2) is 0 Å². The van der Waals surface area contributed by atoms with Crippen LogP contribution >= 0.6 is 79.2 Å². The summed E-state index contributed by atoms with van der Waals surface area (Å²) in [6, 6.07) is 0. The Hall–Kier alpha value is 2.73. The van der Waals surface area contributed by atoms with Crippen molar-refractivity contribution < 1.29 is 0 Å². The van der Waals surface area contributed by atoms with E-state index in [0.717, 1.165) is 5.57 Å². The van der Waals surface area contributed by atoms with E-state index in [-0.39, 0.29) is 0 Å². The van der Waals surface area contributed by atoms with Gasteiger partial charge in [0, 0.05) is 0 Å². The van der Waals surface area contributed by atoms with E-state index in [4.69, 9.17) is 73.9 Å². The molecule has 0 saturated carbocycles. The molecule has 0 aliphatic heterocycles. The van der Waals surface area contributed by atoms with Gasteiger partial charge in [0.05, 0.1) is 0 Å². The molecule has 0 spiro atoms. The third-order valence-corrected chi connectivity index (χ3v) is 2.42. The van der Waals surface area contributed by atoms with E-state index in [2.05, 4.69) is 6.58 Å². The van der Waals surface area contributed by atoms with Crippen LogP contribution in [-0.4, -0.2) is 15.6 Å². The lowest BCUT2D eigenvalue weighted by molar-refractivity contribution is 1.44. The standard InChI is InChI=1S/C4H7Cl3P.Al.4ClH/c1-4(2)3-8(5,6)7;;;;;/h1,3H2,2H3;;4*1H/q+1;+3;;;;/p-4. The molecule has 0 heterocycles. The van der Waals surface area contributed by atoms with Crippen molar-refractivity contribution in [2.75, 3.05) is 6.16 Å². The Morgan fingerprint density at radius 1 is 1.15 bits per heavy atom. The summed E-state index contributed by atoms with van der Waals surface area (Å²) >= 11 is 16.5. The van der Waals surface area contributed by atoms with Gasteiger partial charge in [-0.3, -0.25) is 0 Å². The summed E-state index contributed by atoms with van der Waals surface area (Å²) in [4.78, 5) is 0. The smallest absolute Gasteiger partial charge is 0.391 e. The monoisotopic (exact) mass is 358 g/mol. The van der Waals surface area contributed by atoms with Gasteiger partial charge in [0.2, 0.25) is 0 Å². The van der Waals surface area contributed by atoms with Crippen molar-refractivity contribution in [3.8, 4) is 0 Å². The molecule has 0 saturated heterocycles. The Morgan fingerprint density at radius 2 is 1.38 bits per heavy atom. The molecule has 9 heteroatoms. The zero-order chi connectivity index (χ0) is 11.3. The molecule has 0 nitrogen and oxygen atoms in total. The molecule has 0 unspecified atom stereocenters. The normalized spacial score (nSPS) is 11.7. The molecule has 0 aromatic heterocycles. The van der Waals surface area contributed by atoms with Crippen LogP contribution in [-0.2, 0) is 0 Å².